The molecule has 0 saturated heterocycles. The first-order valence-electron chi connectivity index (χ1n) is 7.43. The smallest absolute Gasteiger partial charge is 0.261 e. The summed E-state index contributed by atoms with van der Waals surface area (Å²) in [6, 6.07) is 14.4. The number of hydrogen-bond acceptors (Lipinski definition) is 3. The SMILES string of the molecule is O=C(NCCc1cccs1)c1ccc(-c2ccc(Cl)cc2)[nH]c1=O. The predicted molar refractivity (Wildman–Crippen MR) is 97.9 cm³/mol. The highest BCUT2D eigenvalue weighted by atomic mass is 35.5. The van der Waals surface area contributed by atoms with E-state index in [2.05, 4.69) is 10.3 Å². The van der Waals surface area contributed by atoms with Crippen LogP contribution >= 0.6 is 22.9 Å². The van der Waals surface area contributed by atoms with Crippen LogP contribution in [0.2, 0.25) is 5.02 Å². The summed E-state index contributed by atoms with van der Waals surface area (Å²) < 4.78 is 0. The third kappa shape index (κ3) is 3.93. The number of thiophene rings is 1. The molecule has 0 spiro atoms. The Morgan fingerprint density at radius 3 is 2.58 bits per heavy atom. The minimum atomic E-state index is -0.406. The van der Waals surface area contributed by atoms with Gasteiger partial charge in [0.1, 0.15) is 5.56 Å². The van der Waals surface area contributed by atoms with Gasteiger partial charge >= 0.3 is 0 Å². The van der Waals surface area contributed by atoms with Gasteiger partial charge in [-0.15, -0.1) is 11.3 Å². The molecule has 0 aliphatic carbocycles. The van der Waals surface area contributed by atoms with Crippen molar-refractivity contribution in [1.82, 2.24) is 10.3 Å². The van der Waals surface area contributed by atoms with E-state index >= 15 is 0 Å². The van der Waals surface area contributed by atoms with Crippen molar-refractivity contribution in [2.45, 2.75) is 6.42 Å². The van der Waals surface area contributed by atoms with E-state index in [1.54, 1.807) is 35.6 Å². The van der Waals surface area contributed by atoms with Crippen molar-refractivity contribution >= 4 is 28.8 Å². The van der Waals surface area contributed by atoms with E-state index in [0.29, 0.717) is 17.3 Å². The number of carbonyl (C=O) groups excluding carboxylic acids is 1. The first-order chi connectivity index (χ1) is 11.6. The Hall–Kier alpha value is -2.37. The van der Waals surface area contributed by atoms with Crippen LogP contribution < -0.4 is 10.9 Å². The first kappa shape index (κ1) is 16.5. The van der Waals surface area contributed by atoms with E-state index in [1.807, 2.05) is 29.6 Å². The molecule has 3 aromatic rings. The molecule has 1 amide bonds. The normalized spacial score (nSPS) is 10.5. The van der Waals surface area contributed by atoms with E-state index in [4.69, 9.17) is 11.6 Å². The molecule has 0 bridgehead atoms. The molecule has 3 rings (SSSR count). The van der Waals surface area contributed by atoms with Gasteiger partial charge in [0, 0.05) is 22.1 Å². The quantitative estimate of drug-likeness (QED) is 0.730. The largest absolute Gasteiger partial charge is 0.352 e. The maximum atomic E-state index is 12.2. The van der Waals surface area contributed by atoms with Gasteiger partial charge in [0.05, 0.1) is 0 Å². The van der Waals surface area contributed by atoms with Gasteiger partial charge in [-0.2, -0.15) is 0 Å². The second kappa shape index (κ2) is 7.47. The number of aromatic nitrogens is 1. The molecule has 0 aliphatic rings. The Morgan fingerprint density at radius 2 is 1.92 bits per heavy atom. The van der Waals surface area contributed by atoms with Gasteiger partial charge in [0.2, 0.25) is 0 Å². The van der Waals surface area contributed by atoms with Gasteiger partial charge in [0.25, 0.3) is 11.5 Å². The number of rotatable bonds is 5. The van der Waals surface area contributed by atoms with E-state index < -0.39 is 5.56 Å². The van der Waals surface area contributed by atoms with E-state index in [-0.39, 0.29) is 11.5 Å². The lowest BCUT2D eigenvalue weighted by Gasteiger charge is -2.06. The zero-order valence-corrected chi connectivity index (χ0v) is 14.3. The van der Waals surface area contributed by atoms with E-state index in [0.717, 1.165) is 12.0 Å². The number of carbonyl (C=O) groups is 1. The number of halogens is 1. The average molecular weight is 359 g/mol. The van der Waals surface area contributed by atoms with Gasteiger partial charge in [0.15, 0.2) is 0 Å². The van der Waals surface area contributed by atoms with Crippen LogP contribution in [0.3, 0.4) is 0 Å². The average Bonchev–Trinajstić information content (AvgIpc) is 3.08. The van der Waals surface area contributed by atoms with Crippen LogP contribution in [-0.2, 0) is 6.42 Å². The minimum Gasteiger partial charge on any atom is -0.352 e. The van der Waals surface area contributed by atoms with Crippen LogP contribution in [-0.4, -0.2) is 17.4 Å². The van der Waals surface area contributed by atoms with Crippen molar-refractivity contribution in [3.63, 3.8) is 0 Å². The van der Waals surface area contributed by atoms with E-state index in [9.17, 15) is 9.59 Å². The molecular weight excluding hydrogens is 344 g/mol. The fourth-order valence-electron chi connectivity index (χ4n) is 2.30. The molecule has 0 fully saturated rings. The van der Waals surface area contributed by atoms with Gasteiger partial charge in [-0.1, -0.05) is 29.8 Å². The number of aromatic amines is 1. The standard InChI is InChI=1S/C18H15ClN2O2S/c19-13-5-3-12(4-6-13)16-8-7-15(18(23)21-16)17(22)20-10-9-14-2-1-11-24-14/h1-8,11H,9-10H2,(H,20,22)(H,21,23). The van der Waals surface area contributed by atoms with Crippen molar-refractivity contribution in [1.29, 1.82) is 0 Å². The number of pyridine rings is 1. The Morgan fingerprint density at radius 1 is 1.12 bits per heavy atom. The maximum absolute atomic E-state index is 12.2. The van der Waals surface area contributed by atoms with Crippen LogP contribution in [0.15, 0.2) is 58.7 Å². The lowest BCUT2D eigenvalue weighted by molar-refractivity contribution is 0.0952. The lowest BCUT2D eigenvalue weighted by Crippen LogP contribution is -2.30. The van der Waals surface area contributed by atoms with Crippen LogP contribution in [0.25, 0.3) is 11.3 Å². The Kier molecular flexibility index (Phi) is 5.13. The molecule has 1 aromatic carbocycles. The van der Waals surface area contributed by atoms with Crippen LogP contribution in [0.5, 0.6) is 0 Å². The molecule has 2 heterocycles. The molecule has 0 atom stereocenters. The van der Waals surface area contributed by atoms with Gasteiger partial charge in [-0.3, -0.25) is 9.59 Å². The highest BCUT2D eigenvalue weighted by Crippen LogP contribution is 2.18. The number of benzene rings is 1. The molecule has 24 heavy (non-hydrogen) atoms. The molecule has 6 heteroatoms. The molecule has 0 unspecified atom stereocenters. The van der Waals surface area contributed by atoms with Crippen molar-refractivity contribution in [3.8, 4) is 11.3 Å². The lowest BCUT2D eigenvalue weighted by atomic mass is 10.1. The van der Waals surface area contributed by atoms with Crippen LogP contribution in [0.4, 0.5) is 0 Å². The third-order valence-corrected chi connectivity index (χ3v) is 4.73. The van der Waals surface area contributed by atoms with Crippen LogP contribution in [0.1, 0.15) is 15.2 Å². The topological polar surface area (TPSA) is 62.0 Å². The number of hydrogen-bond donors (Lipinski definition) is 2. The highest BCUT2D eigenvalue weighted by Gasteiger charge is 2.11. The summed E-state index contributed by atoms with van der Waals surface area (Å²) in [7, 11) is 0. The molecule has 122 valence electrons. The molecule has 0 aliphatic heterocycles. The van der Waals surface area contributed by atoms with Gasteiger partial charge in [-0.25, -0.2) is 0 Å². The Bertz CT molecular complexity index is 886. The Labute approximate surface area is 148 Å². The van der Waals surface area contributed by atoms with Crippen molar-refractivity contribution in [3.05, 3.63) is 79.7 Å². The van der Waals surface area contributed by atoms with Crippen molar-refractivity contribution in [2.75, 3.05) is 6.54 Å². The zero-order valence-electron chi connectivity index (χ0n) is 12.7. The molecule has 2 aromatic heterocycles. The summed E-state index contributed by atoms with van der Waals surface area (Å²) in [5, 5.41) is 5.40. The minimum absolute atomic E-state index is 0.110. The summed E-state index contributed by atoms with van der Waals surface area (Å²) in [4.78, 5) is 28.3. The van der Waals surface area contributed by atoms with Gasteiger partial charge < -0.3 is 10.3 Å². The zero-order chi connectivity index (χ0) is 16.9. The second-order valence-corrected chi connectivity index (χ2v) is 6.68. The van der Waals surface area contributed by atoms with Crippen LogP contribution in [0, 0.1) is 0 Å². The second-order valence-electron chi connectivity index (χ2n) is 5.21. The van der Waals surface area contributed by atoms with E-state index in [1.165, 1.54) is 4.88 Å². The fourth-order valence-corrected chi connectivity index (χ4v) is 3.13. The number of nitrogens with one attached hydrogen (secondary N) is 2. The summed E-state index contributed by atoms with van der Waals surface area (Å²) in [6.45, 7) is 0.498. The summed E-state index contributed by atoms with van der Waals surface area (Å²) in [5.74, 6) is -0.365. The molecule has 0 saturated carbocycles. The molecular formula is C18H15ClN2O2S. The number of amides is 1. The first-order valence-corrected chi connectivity index (χ1v) is 8.69. The summed E-state index contributed by atoms with van der Waals surface area (Å²) in [6.07, 6.45) is 0.754. The molecule has 0 radical (unpaired) electrons. The highest BCUT2D eigenvalue weighted by molar-refractivity contribution is 7.09. The third-order valence-electron chi connectivity index (χ3n) is 3.55. The molecule has 2 N–H and O–H groups in total. The Balaban J connectivity index is 1.68. The fraction of sp³-hybridized carbons (Fsp3) is 0.111. The maximum Gasteiger partial charge on any atom is 0.261 e. The summed E-state index contributed by atoms with van der Waals surface area (Å²) in [5.41, 5.74) is 1.18. The molecule has 4 nitrogen and oxygen atoms in total. The van der Waals surface area contributed by atoms with Gasteiger partial charge in [-0.05, 0) is 47.7 Å². The number of H-pyrrole nitrogens is 1. The summed E-state index contributed by atoms with van der Waals surface area (Å²) >= 11 is 7.50. The van der Waals surface area contributed by atoms with Crippen molar-refractivity contribution in [2.24, 2.45) is 0 Å². The predicted octanol–water partition coefficient (Wildman–Crippen LogP) is 3.73. The van der Waals surface area contributed by atoms with Crippen molar-refractivity contribution < 1.29 is 4.79 Å². The monoisotopic (exact) mass is 358 g/mol.